The van der Waals surface area contributed by atoms with Crippen molar-refractivity contribution in [2.24, 2.45) is 0 Å². The molecule has 4 heteroatoms. The molecule has 1 aliphatic rings. The van der Waals surface area contributed by atoms with Crippen molar-refractivity contribution in [3.63, 3.8) is 0 Å². The maximum atomic E-state index is 10.1. The molecular weight excluding hydrogens is 226 g/mol. The van der Waals surface area contributed by atoms with E-state index < -0.39 is 6.10 Å². The van der Waals surface area contributed by atoms with Crippen molar-refractivity contribution in [1.82, 2.24) is 5.32 Å². The van der Waals surface area contributed by atoms with Crippen LogP contribution in [0.4, 0.5) is 5.69 Å². The highest BCUT2D eigenvalue weighted by molar-refractivity contribution is 5.55. The number of nitriles is 1. The topological polar surface area (TPSA) is 82.1 Å². The number of nitrogen functional groups attached to an aromatic ring is 1. The van der Waals surface area contributed by atoms with E-state index in [-0.39, 0.29) is 0 Å². The molecular formula is C14H19N3O. The van der Waals surface area contributed by atoms with Crippen LogP contribution >= 0.6 is 0 Å². The summed E-state index contributed by atoms with van der Waals surface area (Å²) in [5, 5.41) is 22.3. The summed E-state index contributed by atoms with van der Waals surface area (Å²) < 4.78 is 0. The predicted molar refractivity (Wildman–Crippen MR) is 70.8 cm³/mol. The molecule has 1 saturated carbocycles. The summed E-state index contributed by atoms with van der Waals surface area (Å²) >= 11 is 0. The van der Waals surface area contributed by atoms with Crippen molar-refractivity contribution >= 4 is 5.69 Å². The van der Waals surface area contributed by atoms with Gasteiger partial charge in [0.15, 0.2) is 0 Å². The second-order valence-corrected chi connectivity index (χ2v) is 4.86. The normalized spacial score (nSPS) is 17.6. The quantitative estimate of drug-likeness (QED) is 0.705. The average molecular weight is 245 g/mol. The number of anilines is 1. The van der Waals surface area contributed by atoms with Crippen LogP contribution in [0, 0.1) is 11.3 Å². The van der Waals surface area contributed by atoms with Crippen LogP contribution in [-0.4, -0.2) is 17.7 Å². The molecule has 4 N–H and O–H groups in total. The highest BCUT2D eigenvalue weighted by atomic mass is 16.3. The van der Waals surface area contributed by atoms with Gasteiger partial charge in [-0.1, -0.05) is 18.9 Å². The van der Waals surface area contributed by atoms with Crippen LogP contribution in [0.15, 0.2) is 18.2 Å². The third-order valence-electron chi connectivity index (χ3n) is 3.54. The number of hydrogen-bond donors (Lipinski definition) is 3. The van der Waals surface area contributed by atoms with Crippen molar-refractivity contribution in [2.45, 2.75) is 37.8 Å². The van der Waals surface area contributed by atoms with Gasteiger partial charge in [0, 0.05) is 18.3 Å². The van der Waals surface area contributed by atoms with Crippen molar-refractivity contribution in [3.8, 4) is 6.07 Å². The van der Waals surface area contributed by atoms with E-state index in [9.17, 15) is 5.11 Å². The van der Waals surface area contributed by atoms with Gasteiger partial charge in [0.1, 0.15) is 6.07 Å². The Bertz CT molecular complexity index is 447. The van der Waals surface area contributed by atoms with Gasteiger partial charge in [0.2, 0.25) is 0 Å². The van der Waals surface area contributed by atoms with Gasteiger partial charge in [-0.2, -0.15) is 5.26 Å². The molecule has 0 radical (unpaired) electrons. The number of aliphatic hydroxyl groups is 1. The number of benzene rings is 1. The molecule has 0 bridgehead atoms. The fourth-order valence-electron chi connectivity index (χ4n) is 2.40. The summed E-state index contributed by atoms with van der Waals surface area (Å²) in [4.78, 5) is 0. The summed E-state index contributed by atoms with van der Waals surface area (Å²) in [6.07, 6.45) is 4.34. The molecule has 1 unspecified atom stereocenters. The summed E-state index contributed by atoms with van der Waals surface area (Å²) in [7, 11) is 0. The molecule has 0 aliphatic heterocycles. The van der Waals surface area contributed by atoms with E-state index in [1.165, 1.54) is 25.7 Å². The van der Waals surface area contributed by atoms with E-state index in [0.717, 1.165) is 5.56 Å². The largest absolute Gasteiger partial charge is 0.398 e. The lowest BCUT2D eigenvalue weighted by Crippen LogP contribution is -2.30. The minimum atomic E-state index is -0.585. The molecule has 1 aliphatic carbocycles. The Hall–Kier alpha value is -1.57. The first-order valence-electron chi connectivity index (χ1n) is 6.41. The number of rotatable bonds is 4. The van der Waals surface area contributed by atoms with Gasteiger partial charge in [-0.05, 0) is 30.5 Å². The summed E-state index contributed by atoms with van der Waals surface area (Å²) in [6.45, 7) is 0.527. The average Bonchev–Trinajstić information content (AvgIpc) is 2.89. The lowest BCUT2D eigenvalue weighted by Gasteiger charge is -2.16. The zero-order valence-corrected chi connectivity index (χ0v) is 10.4. The highest BCUT2D eigenvalue weighted by Gasteiger charge is 2.16. The maximum Gasteiger partial charge on any atom is 0.101 e. The Morgan fingerprint density at radius 3 is 2.83 bits per heavy atom. The molecule has 1 fully saturated rings. The molecule has 1 atom stereocenters. The Balaban J connectivity index is 1.95. The standard InChI is InChI=1S/C14H19N3O/c15-8-11-7-10(5-6-13(11)16)14(18)9-17-12-3-1-2-4-12/h5-7,12,14,17-18H,1-4,9,16H2. The number of nitrogens with one attached hydrogen (secondary N) is 1. The first-order valence-corrected chi connectivity index (χ1v) is 6.41. The predicted octanol–water partition coefficient (Wildman–Crippen LogP) is 1.71. The molecule has 2 rings (SSSR count). The molecule has 18 heavy (non-hydrogen) atoms. The molecule has 0 saturated heterocycles. The van der Waals surface area contributed by atoms with Crippen molar-refractivity contribution in [3.05, 3.63) is 29.3 Å². The lowest BCUT2D eigenvalue weighted by atomic mass is 10.0. The molecule has 0 spiro atoms. The molecule has 0 amide bonds. The monoisotopic (exact) mass is 245 g/mol. The number of nitrogens with two attached hydrogens (primary N) is 1. The second-order valence-electron chi connectivity index (χ2n) is 4.86. The zero-order valence-electron chi connectivity index (χ0n) is 10.4. The van der Waals surface area contributed by atoms with E-state index in [2.05, 4.69) is 5.32 Å². The first kappa shape index (κ1) is 12.9. The van der Waals surface area contributed by atoms with E-state index in [1.807, 2.05) is 6.07 Å². The Kier molecular flexibility index (Phi) is 4.19. The van der Waals surface area contributed by atoms with Crippen LogP contribution in [0.3, 0.4) is 0 Å². The van der Waals surface area contributed by atoms with Crippen LogP contribution < -0.4 is 11.1 Å². The van der Waals surface area contributed by atoms with E-state index >= 15 is 0 Å². The zero-order chi connectivity index (χ0) is 13.0. The van der Waals surface area contributed by atoms with Gasteiger partial charge in [0.25, 0.3) is 0 Å². The maximum absolute atomic E-state index is 10.1. The van der Waals surface area contributed by atoms with Crippen LogP contribution in [0.2, 0.25) is 0 Å². The van der Waals surface area contributed by atoms with Crippen LogP contribution in [0.5, 0.6) is 0 Å². The van der Waals surface area contributed by atoms with Crippen molar-refractivity contribution in [2.75, 3.05) is 12.3 Å². The van der Waals surface area contributed by atoms with Gasteiger partial charge in [-0.15, -0.1) is 0 Å². The Morgan fingerprint density at radius 2 is 2.17 bits per heavy atom. The summed E-state index contributed by atoms with van der Waals surface area (Å²) in [5.41, 5.74) is 7.28. The first-order chi connectivity index (χ1) is 8.70. The molecule has 96 valence electrons. The van der Waals surface area contributed by atoms with Gasteiger partial charge in [0.05, 0.1) is 11.7 Å². The third kappa shape index (κ3) is 3.00. The van der Waals surface area contributed by atoms with Gasteiger partial charge in [-0.3, -0.25) is 0 Å². The van der Waals surface area contributed by atoms with Gasteiger partial charge in [-0.25, -0.2) is 0 Å². The van der Waals surface area contributed by atoms with Crippen LogP contribution in [-0.2, 0) is 0 Å². The lowest BCUT2D eigenvalue weighted by molar-refractivity contribution is 0.170. The van der Waals surface area contributed by atoms with Crippen LogP contribution in [0.1, 0.15) is 42.9 Å². The molecule has 1 aromatic carbocycles. The second kappa shape index (κ2) is 5.85. The van der Waals surface area contributed by atoms with E-state index in [0.29, 0.717) is 23.8 Å². The minimum absolute atomic E-state index is 0.424. The smallest absolute Gasteiger partial charge is 0.101 e. The van der Waals surface area contributed by atoms with E-state index in [1.54, 1.807) is 18.2 Å². The highest BCUT2D eigenvalue weighted by Crippen LogP contribution is 2.21. The number of nitrogens with zero attached hydrogens (tertiary/aromatic N) is 1. The third-order valence-corrected chi connectivity index (χ3v) is 3.54. The van der Waals surface area contributed by atoms with E-state index in [4.69, 9.17) is 11.0 Å². The fraction of sp³-hybridized carbons (Fsp3) is 0.500. The summed E-state index contributed by atoms with van der Waals surface area (Å²) in [5.74, 6) is 0. The van der Waals surface area contributed by atoms with Gasteiger partial charge < -0.3 is 16.2 Å². The van der Waals surface area contributed by atoms with Crippen molar-refractivity contribution in [1.29, 1.82) is 5.26 Å². The Morgan fingerprint density at radius 1 is 1.44 bits per heavy atom. The molecule has 4 nitrogen and oxygen atoms in total. The number of aliphatic hydroxyl groups excluding tert-OH is 1. The summed E-state index contributed by atoms with van der Waals surface area (Å²) in [6, 6.07) is 7.67. The SMILES string of the molecule is N#Cc1cc(C(O)CNC2CCCC2)ccc1N. The molecule has 0 heterocycles. The molecule has 0 aromatic heterocycles. The molecule has 1 aromatic rings. The Labute approximate surface area is 107 Å². The van der Waals surface area contributed by atoms with Crippen molar-refractivity contribution < 1.29 is 5.11 Å². The number of hydrogen-bond acceptors (Lipinski definition) is 4. The van der Waals surface area contributed by atoms with Gasteiger partial charge >= 0.3 is 0 Å². The fourth-order valence-corrected chi connectivity index (χ4v) is 2.40. The minimum Gasteiger partial charge on any atom is -0.398 e. The van der Waals surface area contributed by atoms with Crippen LogP contribution in [0.25, 0.3) is 0 Å².